The Morgan fingerprint density at radius 2 is 0.909 bits per heavy atom. The summed E-state index contributed by atoms with van der Waals surface area (Å²) in [4.78, 5) is 25.3. The van der Waals surface area contributed by atoms with Crippen LogP contribution in [0.15, 0.2) is 60.7 Å². The molecule has 2 N–H and O–H groups in total. The minimum atomic E-state index is -0.227. The van der Waals surface area contributed by atoms with Crippen LogP contribution in [0.1, 0.15) is 36.8 Å². The van der Waals surface area contributed by atoms with Gasteiger partial charge in [0.05, 0.1) is 42.7 Å². The molecule has 0 spiro atoms. The van der Waals surface area contributed by atoms with Gasteiger partial charge in [0.2, 0.25) is 23.3 Å². The smallest absolute Gasteiger partial charge is 0.244 e. The number of benzene rings is 2. The first-order valence-electron chi connectivity index (χ1n) is 14.3. The molecule has 1 aliphatic carbocycles. The SMILES string of the molecule is COc1cc(/C=C/C=C/C(=O)N[C@@H]2CCCC[C@H]2NC(=O)/C=C/C=C/c2cc(OC)c(OC)c(OC)c2)cc(OC)c1OC. The highest BCUT2D eigenvalue weighted by atomic mass is 16.5. The topological polar surface area (TPSA) is 114 Å². The predicted octanol–water partition coefficient (Wildman–Crippen LogP) is 5.12. The van der Waals surface area contributed by atoms with Crippen molar-refractivity contribution in [2.45, 2.75) is 37.8 Å². The maximum absolute atomic E-state index is 12.7. The van der Waals surface area contributed by atoms with Gasteiger partial charge in [0.1, 0.15) is 0 Å². The molecule has 1 saturated carbocycles. The van der Waals surface area contributed by atoms with Crippen LogP contribution in [0.25, 0.3) is 12.2 Å². The van der Waals surface area contributed by atoms with E-state index in [1.807, 2.05) is 36.4 Å². The second kappa shape index (κ2) is 17.3. The van der Waals surface area contributed by atoms with Crippen molar-refractivity contribution in [3.8, 4) is 34.5 Å². The van der Waals surface area contributed by atoms with Crippen LogP contribution < -0.4 is 39.1 Å². The van der Waals surface area contributed by atoms with Crippen molar-refractivity contribution in [1.29, 1.82) is 0 Å². The Kier molecular flexibility index (Phi) is 13.2. The van der Waals surface area contributed by atoms with Crippen molar-refractivity contribution in [3.63, 3.8) is 0 Å². The first-order valence-corrected chi connectivity index (χ1v) is 14.3. The summed E-state index contributed by atoms with van der Waals surface area (Å²) in [6.45, 7) is 0. The summed E-state index contributed by atoms with van der Waals surface area (Å²) in [6.07, 6.45) is 17.0. The first-order chi connectivity index (χ1) is 21.4. The van der Waals surface area contributed by atoms with E-state index in [9.17, 15) is 9.59 Å². The molecule has 0 heterocycles. The molecule has 2 atom stereocenters. The summed E-state index contributed by atoms with van der Waals surface area (Å²) >= 11 is 0. The second-order valence-corrected chi connectivity index (χ2v) is 9.87. The van der Waals surface area contributed by atoms with E-state index >= 15 is 0 Å². The molecule has 236 valence electrons. The number of hydrogen-bond donors (Lipinski definition) is 2. The van der Waals surface area contributed by atoms with Crippen molar-refractivity contribution in [1.82, 2.24) is 10.6 Å². The molecule has 10 nitrogen and oxygen atoms in total. The molecule has 0 aromatic heterocycles. The Morgan fingerprint density at radius 1 is 0.568 bits per heavy atom. The number of hydrogen-bond acceptors (Lipinski definition) is 8. The maximum Gasteiger partial charge on any atom is 0.244 e. The molecule has 2 aromatic carbocycles. The molecule has 0 radical (unpaired) electrons. The molecule has 0 bridgehead atoms. The van der Waals surface area contributed by atoms with Crippen molar-refractivity contribution in [2.75, 3.05) is 42.7 Å². The van der Waals surface area contributed by atoms with Crippen LogP contribution in [0, 0.1) is 0 Å². The minimum absolute atomic E-state index is 0.160. The third kappa shape index (κ3) is 9.32. The average Bonchev–Trinajstić information content (AvgIpc) is 3.04. The summed E-state index contributed by atoms with van der Waals surface area (Å²) in [7, 11) is 9.34. The largest absolute Gasteiger partial charge is 0.493 e. The summed E-state index contributed by atoms with van der Waals surface area (Å²) in [5.74, 6) is 2.75. The Morgan fingerprint density at radius 3 is 1.20 bits per heavy atom. The van der Waals surface area contributed by atoms with Gasteiger partial charge in [-0.2, -0.15) is 0 Å². The molecule has 10 heteroatoms. The van der Waals surface area contributed by atoms with Crippen molar-refractivity contribution >= 4 is 24.0 Å². The van der Waals surface area contributed by atoms with Gasteiger partial charge in [0.25, 0.3) is 0 Å². The highest BCUT2D eigenvalue weighted by Crippen LogP contribution is 2.39. The van der Waals surface area contributed by atoms with E-state index in [2.05, 4.69) is 10.6 Å². The maximum atomic E-state index is 12.7. The normalized spacial score (nSPS) is 16.8. The van der Waals surface area contributed by atoms with E-state index in [1.165, 1.54) is 12.2 Å². The lowest BCUT2D eigenvalue weighted by atomic mass is 9.90. The van der Waals surface area contributed by atoms with Crippen LogP contribution in [-0.2, 0) is 9.59 Å². The Labute approximate surface area is 259 Å². The van der Waals surface area contributed by atoms with Gasteiger partial charge in [-0.1, -0.05) is 49.3 Å². The van der Waals surface area contributed by atoms with Gasteiger partial charge in [-0.25, -0.2) is 0 Å². The summed E-state index contributed by atoms with van der Waals surface area (Å²) < 4.78 is 32.2. The highest BCUT2D eigenvalue weighted by molar-refractivity contribution is 5.89. The van der Waals surface area contributed by atoms with Crippen LogP contribution in [0.5, 0.6) is 34.5 Å². The van der Waals surface area contributed by atoms with Gasteiger partial charge in [-0.3, -0.25) is 9.59 Å². The number of ether oxygens (including phenoxy) is 6. The molecule has 44 heavy (non-hydrogen) atoms. The number of methoxy groups -OCH3 is 6. The third-order valence-electron chi connectivity index (χ3n) is 7.09. The van der Waals surface area contributed by atoms with Crippen molar-refractivity contribution in [2.24, 2.45) is 0 Å². The van der Waals surface area contributed by atoms with Gasteiger partial charge in [-0.15, -0.1) is 0 Å². The van der Waals surface area contributed by atoms with E-state index in [0.29, 0.717) is 34.5 Å². The highest BCUT2D eigenvalue weighted by Gasteiger charge is 2.26. The van der Waals surface area contributed by atoms with Gasteiger partial charge in [0.15, 0.2) is 23.0 Å². The number of nitrogens with one attached hydrogen (secondary N) is 2. The zero-order chi connectivity index (χ0) is 31.9. The van der Waals surface area contributed by atoms with Crippen LogP contribution in [-0.4, -0.2) is 66.6 Å². The number of amides is 2. The number of allylic oxidation sites excluding steroid dienone is 4. The number of carbonyl (C=O) groups excluding carboxylic acids is 2. The van der Waals surface area contributed by atoms with E-state index in [-0.39, 0.29) is 23.9 Å². The molecule has 0 aliphatic heterocycles. The summed E-state index contributed by atoms with van der Waals surface area (Å²) in [6, 6.07) is 6.95. The fraction of sp³-hybridized carbons (Fsp3) is 0.353. The van der Waals surface area contributed by atoms with E-state index in [4.69, 9.17) is 28.4 Å². The molecule has 1 aliphatic rings. The average molecular weight is 607 g/mol. The zero-order valence-electron chi connectivity index (χ0n) is 26.2. The fourth-order valence-electron chi connectivity index (χ4n) is 4.95. The molecule has 0 saturated heterocycles. The monoisotopic (exact) mass is 606 g/mol. The van der Waals surface area contributed by atoms with Crippen molar-refractivity contribution < 1.29 is 38.0 Å². The second-order valence-electron chi connectivity index (χ2n) is 9.87. The first kappa shape index (κ1) is 33.6. The van der Waals surface area contributed by atoms with Crippen molar-refractivity contribution in [3.05, 3.63) is 71.8 Å². The fourth-order valence-corrected chi connectivity index (χ4v) is 4.95. The van der Waals surface area contributed by atoms with E-state index in [1.54, 1.807) is 67.0 Å². The Bertz CT molecular complexity index is 1240. The molecule has 1 fully saturated rings. The van der Waals surface area contributed by atoms with E-state index < -0.39 is 0 Å². The summed E-state index contributed by atoms with van der Waals surface area (Å²) in [5, 5.41) is 6.08. The molecule has 3 rings (SSSR count). The molecule has 2 aromatic rings. The summed E-state index contributed by atoms with van der Waals surface area (Å²) in [5.41, 5.74) is 1.65. The van der Waals surface area contributed by atoms with Gasteiger partial charge >= 0.3 is 0 Å². The number of rotatable bonds is 14. The van der Waals surface area contributed by atoms with Crippen LogP contribution in [0.4, 0.5) is 0 Å². The molecule has 0 unspecified atom stereocenters. The standard InChI is InChI=1S/C34H42N2O8/c1-39-27-19-23(20-28(40-2)33(27)43-5)13-7-11-17-31(37)35-25-15-9-10-16-26(25)36-32(38)18-12-8-14-24-21-29(41-3)34(44-6)30(22-24)42-4/h7-8,11-14,17-22,25-26H,9-10,15-16H2,1-6H3,(H,35,37)(H,36,38)/b13-7+,14-8+,17-11+,18-12+/t25-,26-/m1/s1. The quantitative estimate of drug-likeness (QED) is 0.225. The third-order valence-corrected chi connectivity index (χ3v) is 7.09. The minimum Gasteiger partial charge on any atom is -0.493 e. The Hall–Kier alpha value is -4.86. The van der Waals surface area contributed by atoms with Gasteiger partial charge in [-0.05, 0) is 48.2 Å². The molecule has 2 amide bonds. The lowest BCUT2D eigenvalue weighted by Crippen LogP contribution is -2.52. The predicted molar refractivity (Wildman–Crippen MR) is 171 cm³/mol. The molecular formula is C34H42N2O8. The van der Waals surface area contributed by atoms with Gasteiger partial charge < -0.3 is 39.1 Å². The van der Waals surface area contributed by atoms with Crippen LogP contribution in [0.3, 0.4) is 0 Å². The number of carbonyl (C=O) groups is 2. The lowest BCUT2D eigenvalue weighted by Gasteiger charge is -2.32. The Balaban J connectivity index is 1.56. The molecular weight excluding hydrogens is 564 g/mol. The van der Waals surface area contributed by atoms with Crippen LogP contribution >= 0.6 is 0 Å². The van der Waals surface area contributed by atoms with Gasteiger partial charge in [0, 0.05) is 24.2 Å². The lowest BCUT2D eigenvalue weighted by molar-refractivity contribution is -0.120. The van der Waals surface area contributed by atoms with E-state index in [0.717, 1.165) is 36.8 Å². The zero-order valence-corrected chi connectivity index (χ0v) is 26.2. The van der Waals surface area contributed by atoms with Crippen LogP contribution in [0.2, 0.25) is 0 Å².